The van der Waals surface area contributed by atoms with Gasteiger partial charge in [-0.1, -0.05) is 18.5 Å². The number of nitrogen functional groups attached to an aromatic ring is 1. The van der Waals surface area contributed by atoms with Crippen LogP contribution in [0.2, 0.25) is 5.02 Å². The average molecular weight is 313 g/mol. The Labute approximate surface area is 125 Å². The summed E-state index contributed by atoms with van der Waals surface area (Å²) in [5, 5.41) is 5.40. The van der Waals surface area contributed by atoms with Gasteiger partial charge in [-0.2, -0.15) is 5.10 Å². The van der Waals surface area contributed by atoms with Crippen LogP contribution < -0.4 is 5.73 Å². The number of anilines is 1. The first-order chi connectivity index (χ1) is 9.58. The Hall–Kier alpha value is -1.40. The lowest BCUT2D eigenvalue weighted by Crippen LogP contribution is -2.08. The van der Waals surface area contributed by atoms with Crippen LogP contribution in [0.1, 0.15) is 25.2 Å². The van der Waals surface area contributed by atoms with Gasteiger partial charge in [-0.15, -0.1) is 0 Å². The number of hydrogen-bond acceptors (Lipinski definition) is 4. The van der Waals surface area contributed by atoms with E-state index in [-0.39, 0.29) is 5.75 Å². The molecule has 2 rings (SSSR count). The van der Waals surface area contributed by atoms with Crippen LogP contribution in [0.3, 0.4) is 0 Å². The van der Waals surface area contributed by atoms with Gasteiger partial charge in [0.25, 0.3) is 0 Å². The van der Waals surface area contributed by atoms with Crippen LogP contribution in [0.5, 0.6) is 0 Å². The Kier molecular flexibility index (Phi) is 4.77. The Morgan fingerprint density at radius 1 is 1.45 bits per heavy atom. The van der Waals surface area contributed by atoms with Crippen LogP contribution in [0.25, 0.3) is 0 Å². The molecule has 108 valence electrons. The molecule has 20 heavy (non-hydrogen) atoms. The van der Waals surface area contributed by atoms with Crippen LogP contribution in [0, 0.1) is 0 Å². The molecule has 2 N–H and O–H groups in total. The van der Waals surface area contributed by atoms with Gasteiger partial charge in [0.15, 0.2) is 0 Å². The highest BCUT2D eigenvalue weighted by Crippen LogP contribution is 2.25. The molecule has 0 aliphatic carbocycles. The van der Waals surface area contributed by atoms with E-state index in [0.717, 1.165) is 17.8 Å². The fraction of sp³-hybridized carbons (Fsp3) is 0.385. The Morgan fingerprint density at radius 3 is 2.80 bits per heavy atom. The Balaban J connectivity index is 2.33. The number of nitrogens with zero attached hydrogens (tertiary/aromatic N) is 3. The highest BCUT2D eigenvalue weighted by molar-refractivity contribution is 7.84. The van der Waals surface area contributed by atoms with Crippen molar-refractivity contribution in [1.29, 1.82) is 0 Å². The third kappa shape index (κ3) is 2.86. The number of pyridine rings is 1. The first-order valence-electron chi connectivity index (χ1n) is 6.41. The molecule has 1 unspecified atom stereocenters. The molecule has 0 spiro atoms. The van der Waals surface area contributed by atoms with Gasteiger partial charge < -0.3 is 5.73 Å². The van der Waals surface area contributed by atoms with Gasteiger partial charge >= 0.3 is 0 Å². The summed E-state index contributed by atoms with van der Waals surface area (Å²) in [7, 11) is -1.34. The van der Waals surface area contributed by atoms with Gasteiger partial charge in [-0.3, -0.25) is 8.89 Å². The lowest BCUT2D eigenvalue weighted by molar-refractivity contribution is 0.623. The summed E-state index contributed by atoms with van der Waals surface area (Å²) in [5.74, 6) is 0.265. The lowest BCUT2D eigenvalue weighted by Gasteiger charge is -2.06. The monoisotopic (exact) mass is 312 g/mol. The maximum absolute atomic E-state index is 12.4. The van der Waals surface area contributed by atoms with Gasteiger partial charge in [-0.05, 0) is 25.5 Å². The zero-order valence-electron chi connectivity index (χ0n) is 11.5. The molecule has 0 aliphatic heterocycles. The van der Waals surface area contributed by atoms with Crippen molar-refractivity contribution < 1.29 is 4.21 Å². The SMILES string of the molecule is CCc1nn(CC)c(CS(=O)c2ncccc2N)c1Cl. The third-order valence-corrected chi connectivity index (χ3v) is 4.72. The molecule has 0 saturated heterocycles. The molecule has 0 amide bonds. The van der Waals surface area contributed by atoms with Crippen LogP contribution in [-0.2, 0) is 29.5 Å². The van der Waals surface area contributed by atoms with Crippen molar-refractivity contribution >= 4 is 28.1 Å². The molecule has 0 saturated carbocycles. The van der Waals surface area contributed by atoms with E-state index in [0.29, 0.717) is 22.3 Å². The van der Waals surface area contributed by atoms with Crippen LogP contribution in [-0.4, -0.2) is 19.0 Å². The van der Waals surface area contributed by atoms with Gasteiger partial charge in [0.2, 0.25) is 0 Å². The minimum atomic E-state index is -1.34. The van der Waals surface area contributed by atoms with Crippen molar-refractivity contribution in [3.8, 4) is 0 Å². The molecule has 0 aromatic carbocycles. The summed E-state index contributed by atoms with van der Waals surface area (Å²) >= 11 is 6.31. The highest BCUT2D eigenvalue weighted by atomic mass is 35.5. The standard InChI is InChI=1S/C13H17ClN4OS/c1-3-10-12(14)11(18(4-2)17-10)8-20(19)13-9(15)6-5-7-16-13/h5-7H,3-4,8,15H2,1-2H3. The van der Waals surface area contributed by atoms with E-state index in [1.165, 1.54) is 0 Å². The zero-order chi connectivity index (χ0) is 14.7. The molecular weight excluding hydrogens is 296 g/mol. The number of nitrogens with two attached hydrogens (primary N) is 1. The Bertz CT molecular complexity index is 641. The number of aromatic nitrogens is 3. The highest BCUT2D eigenvalue weighted by Gasteiger charge is 2.19. The predicted octanol–water partition coefficient (Wildman–Crippen LogP) is 2.40. The summed E-state index contributed by atoms with van der Waals surface area (Å²) in [6, 6.07) is 3.41. The minimum absolute atomic E-state index is 0.265. The van der Waals surface area contributed by atoms with E-state index in [4.69, 9.17) is 17.3 Å². The molecule has 0 fully saturated rings. The summed E-state index contributed by atoms with van der Waals surface area (Å²) in [4.78, 5) is 4.09. The minimum Gasteiger partial charge on any atom is -0.396 e. The van der Waals surface area contributed by atoms with Crippen molar-refractivity contribution in [2.45, 2.75) is 37.6 Å². The average Bonchev–Trinajstić information content (AvgIpc) is 2.75. The molecular formula is C13H17ClN4OS. The summed E-state index contributed by atoms with van der Waals surface area (Å²) < 4.78 is 14.2. The maximum Gasteiger partial charge on any atom is 0.150 e. The van der Waals surface area contributed by atoms with Crippen LogP contribution >= 0.6 is 11.6 Å². The third-order valence-electron chi connectivity index (χ3n) is 2.98. The van der Waals surface area contributed by atoms with E-state index in [1.54, 1.807) is 23.0 Å². The lowest BCUT2D eigenvalue weighted by atomic mass is 10.3. The summed E-state index contributed by atoms with van der Waals surface area (Å²) in [6.45, 7) is 4.65. The normalized spacial score (nSPS) is 12.6. The fourth-order valence-electron chi connectivity index (χ4n) is 1.94. The molecule has 1 atom stereocenters. The Morgan fingerprint density at radius 2 is 2.20 bits per heavy atom. The fourth-order valence-corrected chi connectivity index (χ4v) is 3.54. The second kappa shape index (κ2) is 6.37. The first kappa shape index (κ1) is 15.0. The van der Waals surface area contributed by atoms with Crippen LogP contribution in [0.15, 0.2) is 23.4 Å². The second-order valence-electron chi connectivity index (χ2n) is 4.26. The van der Waals surface area contributed by atoms with Crippen molar-refractivity contribution in [3.63, 3.8) is 0 Å². The molecule has 0 aliphatic rings. The number of hydrogen-bond donors (Lipinski definition) is 1. The number of aryl methyl sites for hydroxylation is 2. The van der Waals surface area contributed by atoms with E-state index < -0.39 is 10.8 Å². The largest absolute Gasteiger partial charge is 0.396 e. The first-order valence-corrected chi connectivity index (χ1v) is 8.11. The topological polar surface area (TPSA) is 73.8 Å². The number of rotatable bonds is 5. The zero-order valence-corrected chi connectivity index (χ0v) is 13.0. The molecule has 0 bridgehead atoms. The maximum atomic E-state index is 12.4. The molecule has 2 heterocycles. The predicted molar refractivity (Wildman–Crippen MR) is 81.1 cm³/mol. The van der Waals surface area contributed by atoms with Crippen molar-refractivity contribution in [3.05, 3.63) is 34.7 Å². The second-order valence-corrected chi connectivity index (χ2v) is 6.01. The molecule has 2 aromatic rings. The smallest absolute Gasteiger partial charge is 0.150 e. The van der Waals surface area contributed by atoms with E-state index in [9.17, 15) is 4.21 Å². The number of halogens is 1. The molecule has 2 aromatic heterocycles. The molecule has 5 nitrogen and oxygen atoms in total. The molecule has 0 radical (unpaired) electrons. The molecule has 7 heteroatoms. The summed E-state index contributed by atoms with van der Waals surface area (Å²) in [5.41, 5.74) is 7.84. The van der Waals surface area contributed by atoms with Crippen molar-refractivity contribution in [1.82, 2.24) is 14.8 Å². The van der Waals surface area contributed by atoms with Gasteiger partial charge in [0.1, 0.15) is 5.03 Å². The van der Waals surface area contributed by atoms with Gasteiger partial charge in [0, 0.05) is 12.7 Å². The van der Waals surface area contributed by atoms with Crippen LogP contribution in [0.4, 0.5) is 5.69 Å². The van der Waals surface area contributed by atoms with Gasteiger partial charge in [-0.25, -0.2) is 4.98 Å². The van der Waals surface area contributed by atoms with Crippen molar-refractivity contribution in [2.24, 2.45) is 0 Å². The summed E-state index contributed by atoms with van der Waals surface area (Å²) in [6.07, 6.45) is 2.33. The van der Waals surface area contributed by atoms with Crippen molar-refractivity contribution in [2.75, 3.05) is 5.73 Å². The van der Waals surface area contributed by atoms with E-state index in [1.807, 2.05) is 13.8 Å². The van der Waals surface area contributed by atoms with Gasteiger partial charge in [0.05, 0.1) is 38.7 Å². The quantitative estimate of drug-likeness (QED) is 0.920. The van der Waals surface area contributed by atoms with E-state index >= 15 is 0 Å². The van der Waals surface area contributed by atoms with E-state index in [2.05, 4.69) is 10.1 Å².